The molecule has 0 bridgehead atoms. The third kappa shape index (κ3) is 4.22. The van der Waals surface area contributed by atoms with Crippen molar-refractivity contribution in [1.29, 1.82) is 0 Å². The molecule has 0 aliphatic heterocycles. The van der Waals surface area contributed by atoms with Crippen LogP contribution in [0.2, 0.25) is 0 Å². The lowest BCUT2D eigenvalue weighted by Gasteiger charge is -2.31. The van der Waals surface area contributed by atoms with Gasteiger partial charge in [-0.25, -0.2) is 4.98 Å². The summed E-state index contributed by atoms with van der Waals surface area (Å²) in [6.07, 6.45) is 6.11. The van der Waals surface area contributed by atoms with E-state index in [1.807, 2.05) is 36.4 Å². The molecular formula is C18H24N2O2S2. The van der Waals surface area contributed by atoms with Gasteiger partial charge >= 0.3 is 0 Å². The lowest BCUT2D eigenvalue weighted by Crippen LogP contribution is -2.39. The minimum atomic E-state index is 0.228. The molecule has 0 radical (unpaired) electrons. The second kappa shape index (κ2) is 8.21. The minimum Gasteiger partial charge on any atom is -0.440 e. The fraction of sp³-hybridized carbons (Fsp3) is 0.556. The van der Waals surface area contributed by atoms with Crippen LogP contribution in [0, 0.1) is 6.92 Å². The zero-order chi connectivity index (χ0) is 16.9. The van der Waals surface area contributed by atoms with Crippen LogP contribution in [0.15, 0.2) is 21.9 Å². The molecule has 0 atom stereocenters. The molecule has 6 heteroatoms. The molecule has 1 aliphatic carbocycles. The number of amides is 1. The van der Waals surface area contributed by atoms with Crippen molar-refractivity contribution in [3.8, 4) is 10.8 Å². The number of hydrogen-bond acceptors (Lipinski definition) is 5. The zero-order valence-corrected chi connectivity index (χ0v) is 15.9. The molecule has 1 amide bonds. The van der Waals surface area contributed by atoms with Gasteiger partial charge in [-0.05, 0) is 31.2 Å². The summed E-state index contributed by atoms with van der Waals surface area (Å²) in [5, 5.41) is 2.02. The van der Waals surface area contributed by atoms with Crippen LogP contribution in [-0.2, 0) is 10.5 Å². The van der Waals surface area contributed by atoms with Gasteiger partial charge in [0.15, 0.2) is 0 Å². The molecule has 0 N–H and O–H groups in total. The lowest BCUT2D eigenvalue weighted by atomic mass is 9.94. The number of thiophene rings is 1. The van der Waals surface area contributed by atoms with E-state index in [1.165, 1.54) is 19.3 Å². The zero-order valence-electron chi connectivity index (χ0n) is 14.3. The smallest absolute Gasteiger partial charge is 0.236 e. The Balaban J connectivity index is 1.50. The van der Waals surface area contributed by atoms with Gasteiger partial charge in [-0.3, -0.25) is 4.79 Å². The van der Waals surface area contributed by atoms with Crippen molar-refractivity contribution in [3.05, 3.63) is 29.0 Å². The highest BCUT2D eigenvalue weighted by Crippen LogP contribution is 2.28. The number of thioether (sulfide) groups is 1. The third-order valence-corrected chi connectivity index (χ3v) is 6.39. The van der Waals surface area contributed by atoms with Crippen LogP contribution >= 0.6 is 23.1 Å². The number of hydrogen-bond donors (Lipinski definition) is 0. The van der Waals surface area contributed by atoms with Gasteiger partial charge in [0.05, 0.1) is 16.3 Å². The van der Waals surface area contributed by atoms with E-state index in [1.54, 1.807) is 23.1 Å². The Hall–Kier alpha value is -1.27. The summed E-state index contributed by atoms with van der Waals surface area (Å²) < 4.78 is 5.75. The van der Waals surface area contributed by atoms with E-state index in [4.69, 9.17) is 4.42 Å². The first-order valence-electron chi connectivity index (χ1n) is 8.48. The van der Waals surface area contributed by atoms with E-state index < -0.39 is 0 Å². The summed E-state index contributed by atoms with van der Waals surface area (Å²) in [6.45, 7) is 1.94. The van der Waals surface area contributed by atoms with Gasteiger partial charge in [-0.2, -0.15) is 0 Å². The van der Waals surface area contributed by atoms with E-state index in [0.29, 0.717) is 23.4 Å². The third-order valence-electron chi connectivity index (χ3n) is 4.60. The van der Waals surface area contributed by atoms with Crippen LogP contribution in [0.3, 0.4) is 0 Å². The molecule has 2 aromatic rings. The first kappa shape index (κ1) is 17.5. The maximum absolute atomic E-state index is 12.4. The number of aryl methyl sites for hydroxylation is 1. The summed E-state index contributed by atoms with van der Waals surface area (Å²) in [5.74, 6) is 2.98. The maximum Gasteiger partial charge on any atom is 0.236 e. The molecular weight excluding hydrogens is 340 g/mol. The fourth-order valence-corrected chi connectivity index (χ4v) is 4.67. The van der Waals surface area contributed by atoms with Gasteiger partial charge in [-0.1, -0.05) is 25.3 Å². The average molecular weight is 365 g/mol. The number of carbonyl (C=O) groups is 1. The Morgan fingerprint density at radius 2 is 2.21 bits per heavy atom. The van der Waals surface area contributed by atoms with Gasteiger partial charge in [0.1, 0.15) is 5.76 Å². The van der Waals surface area contributed by atoms with Crippen LogP contribution in [0.4, 0.5) is 0 Å². The Labute approximate surface area is 151 Å². The van der Waals surface area contributed by atoms with Gasteiger partial charge in [0.2, 0.25) is 11.8 Å². The lowest BCUT2D eigenvalue weighted by molar-refractivity contribution is -0.129. The number of nitrogens with zero attached hydrogens (tertiary/aromatic N) is 2. The van der Waals surface area contributed by atoms with Gasteiger partial charge in [0.25, 0.3) is 0 Å². The number of rotatable bonds is 6. The van der Waals surface area contributed by atoms with Gasteiger partial charge < -0.3 is 9.32 Å². The summed E-state index contributed by atoms with van der Waals surface area (Å²) in [5.41, 5.74) is 0.941. The monoisotopic (exact) mass is 364 g/mol. The van der Waals surface area contributed by atoms with E-state index in [0.717, 1.165) is 29.2 Å². The topological polar surface area (TPSA) is 46.3 Å². The van der Waals surface area contributed by atoms with Crippen LogP contribution in [0.1, 0.15) is 43.6 Å². The van der Waals surface area contributed by atoms with Crippen LogP contribution in [-0.4, -0.2) is 34.6 Å². The van der Waals surface area contributed by atoms with Crippen molar-refractivity contribution in [2.75, 3.05) is 12.8 Å². The quantitative estimate of drug-likeness (QED) is 0.743. The molecule has 0 unspecified atom stereocenters. The highest BCUT2D eigenvalue weighted by atomic mass is 32.2. The van der Waals surface area contributed by atoms with Gasteiger partial charge in [-0.15, -0.1) is 23.1 Å². The van der Waals surface area contributed by atoms with Crippen LogP contribution in [0.25, 0.3) is 10.8 Å². The van der Waals surface area contributed by atoms with Crippen molar-refractivity contribution < 1.29 is 9.21 Å². The highest BCUT2D eigenvalue weighted by molar-refractivity contribution is 7.99. The predicted molar refractivity (Wildman–Crippen MR) is 100 cm³/mol. The van der Waals surface area contributed by atoms with Crippen molar-refractivity contribution in [2.24, 2.45) is 0 Å². The highest BCUT2D eigenvalue weighted by Gasteiger charge is 2.22. The molecule has 0 spiro atoms. The van der Waals surface area contributed by atoms with Crippen molar-refractivity contribution in [1.82, 2.24) is 9.88 Å². The molecule has 1 aliphatic rings. The van der Waals surface area contributed by atoms with Crippen LogP contribution in [0.5, 0.6) is 0 Å². The predicted octanol–water partition coefficient (Wildman–Crippen LogP) is 4.74. The van der Waals surface area contributed by atoms with Crippen molar-refractivity contribution in [3.63, 3.8) is 0 Å². The largest absolute Gasteiger partial charge is 0.440 e. The van der Waals surface area contributed by atoms with Gasteiger partial charge in [0, 0.05) is 18.8 Å². The molecule has 3 rings (SSSR count). The Kier molecular flexibility index (Phi) is 6.00. The summed E-state index contributed by atoms with van der Waals surface area (Å²) in [4.78, 5) is 20.0. The molecule has 24 heavy (non-hydrogen) atoms. The van der Waals surface area contributed by atoms with E-state index in [2.05, 4.69) is 4.98 Å². The molecule has 0 aromatic carbocycles. The Morgan fingerprint density at radius 1 is 1.42 bits per heavy atom. The summed E-state index contributed by atoms with van der Waals surface area (Å²) in [7, 11) is 1.95. The average Bonchev–Trinajstić information content (AvgIpc) is 3.25. The van der Waals surface area contributed by atoms with E-state index >= 15 is 0 Å². The Morgan fingerprint density at radius 3 is 2.92 bits per heavy atom. The maximum atomic E-state index is 12.4. The molecule has 2 aromatic heterocycles. The standard InChI is InChI=1S/C18H24N2O2S2/c1-13-15(19-18(22-13)16-9-6-10-24-16)11-23-12-17(21)20(2)14-7-4-3-5-8-14/h6,9-10,14H,3-5,7-8,11-12H2,1-2H3. The Bertz CT molecular complexity index is 661. The number of carbonyl (C=O) groups excluding carboxylic acids is 1. The second-order valence-electron chi connectivity index (χ2n) is 6.29. The first-order valence-corrected chi connectivity index (χ1v) is 10.5. The van der Waals surface area contributed by atoms with Crippen molar-refractivity contribution >= 4 is 29.0 Å². The molecule has 1 fully saturated rings. The minimum absolute atomic E-state index is 0.228. The molecule has 2 heterocycles. The fourth-order valence-electron chi connectivity index (χ4n) is 3.08. The molecule has 130 valence electrons. The molecule has 1 saturated carbocycles. The molecule has 4 nitrogen and oxygen atoms in total. The normalized spacial score (nSPS) is 15.6. The number of aromatic nitrogens is 1. The summed E-state index contributed by atoms with van der Waals surface area (Å²) >= 11 is 3.24. The van der Waals surface area contributed by atoms with E-state index in [9.17, 15) is 4.79 Å². The van der Waals surface area contributed by atoms with Crippen LogP contribution < -0.4 is 0 Å². The SMILES string of the molecule is Cc1oc(-c2cccs2)nc1CSCC(=O)N(C)C1CCCCC1. The first-order chi connectivity index (χ1) is 11.6. The number of oxazole rings is 1. The molecule has 0 saturated heterocycles. The summed E-state index contributed by atoms with van der Waals surface area (Å²) in [6, 6.07) is 4.44. The van der Waals surface area contributed by atoms with Crippen molar-refractivity contribution in [2.45, 2.75) is 50.8 Å². The second-order valence-corrected chi connectivity index (χ2v) is 8.22. The van der Waals surface area contributed by atoms with E-state index in [-0.39, 0.29) is 5.91 Å².